The molecule has 0 aliphatic rings. The Labute approximate surface area is 104 Å². The monoisotopic (exact) mass is 249 g/mol. The van der Waals surface area contributed by atoms with Gasteiger partial charge in [-0.3, -0.25) is 4.79 Å². The van der Waals surface area contributed by atoms with E-state index >= 15 is 0 Å². The lowest BCUT2D eigenvalue weighted by Gasteiger charge is -2.09. The predicted octanol–water partition coefficient (Wildman–Crippen LogP) is 3.08. The Hall–Kier alpha value is -1.74. The van der Waals surface area contributed by atoms with Gasteiger partial charge in [0.2, 0.25) is 0 Å². The van der Waals surface area contributed by atoms with Crippen molar-refractivity contribution in [3.8, 4) is 0 Å². The van der Waals surface area contributed by atoms with Crippen LogP contribution in [0.25, 0.3) is 10.8 Å². The average Bonchev–Trinajstić information content (AvgIpc) is 2.38. The molecule has 0 fully saturated rings. The first-order valence-corrected chi connectivity index (χ1v) is 5.58. The number of rotatable bonds is 3. The van der Waals surface area contributed by atoms with E-state index in [0.29, 0.717) is 5.02 Å². The first-order valence-electron chi connectivity index (χ1n) is 5.20. The molecule has 3 nitrogen and oxygen atoms in total. The third-order valence-corrected chi connectivity index (χ3v) is 2.85. The van der Waals surface area contributed by atoms with Crippen LogP contribution in [0.5, 0.6) is 0 Å². The number of benzene rings is 2. The Morgan fingerprint density at radius 2 is 1.94 bits per heavy atom. The highest BCUT2D eigenvalue weighted by molar-refractivity contribution is 6.36. The van der Waals surface area contributed by atoms with Gasteiger partial charge in [-0.05, 0) is 12.1 Å². The van der Waals surface area contributed by atoms with Gasteiger partial charge < -0.3 is 10.1 Å². The van der Waals surface area contributed by atoms with Crippen LogP contribution < -0.4 is 5.32 Å². The lowest BCUT2D eigenvalue weighted by molar-refractivity contribution is -0.138. The number of anilines is 1. The summed E-state index contributed by atoms with van der Waals surface area (Å²) in [6.07, 6.45) is 0. The molecule has 0 aromatic heterocycles. The molecule has 0 saturated heterocycles. The summed E-state index contributed by atoms with van der Waals surface area (Å²) in [4.78, 5) is 11.1. The molecule has 0 unspecified atom stereocenters. The van der Waals surface area contributed by atoms with E-state index in [2.05, 4.69) is 10.1 Å². The third-order valence-electron chi connectivity index (χ3n) is 2.52. The molecule has 0 saturated carbocycles. The topological polar surface area (TPSA) is 38.3 Å². The smallest absolute Gasteiger partial charge is 0.325 e. The Bertz CT molecular complexity index is 554. The average molecular weight is 250 g/mol. The molecule has 17 heavy (non-hydrogen) atoms. The van der Waals surface area contributed by atoms with E-state index in [1.54, 1.807) is 0 Å². The normalized spacial score (nSPS) is 10.2. The van der Waals surface area contributed by atoms with Crippen LogP contribution in [0.15, 0.2) is 36.4 Å². The summed E-state index contributed by atoms with van der Waals surface area (Å²) in [6.45, 7) is 0.141. The standard InChI is InChI=1S/C13H12ClNO2/c1-17-13(16)8-15-12-7-6-11(14)9-4-2-3-5-10(9)12/h2-7,15H,8H2,1H3. The number of hydrogen-bond donors (Lipinski definition) is 1. The Morgan fingerprint density at radius 1 is 1.24 bits per heavy atom. The van der Waals surface area contributed by atoms with Crippen LogP contribution in [0.4, 0.5) is 5.69 Å². The fourth-order valence-electron chi connectivity index (χ4n) is 1.66. The zero-order valence-corrected chi connectivity index (χ0v) is 10.1. The van der Waals surface area contributed by atoms with Gasteiger partial charge in [0.1, 0.15) is 6.54 Å². The highest BCUT2D eigenvalue weighted by atomic mass is 35.5. The summed E-state index contributed by atoms with van der Waals surface area (Å²) in [5.74, 6) is -0.302. The third kappa shape index (κ3) is 2.50. The highest BCUT2D eigenvalue weighted by Gasteiger charge is 2.05. The van der Waals surface area contributed by atoms with Gasteiger partial charge >= 0.3 is 5.97 Å². The quantitative estimate of drug-likeness (QED) is 0.850. The van der Waals surface area contributed by atoms with Gasteiger partial charge in [-0.2, -0.15) is 0 Å². The molecule has 0 bridgehead atoms. The number of methoxy groups -OCH3 is 1. The molecule has 1 N–H and O–H groups in total. The van der Waals surface area contributed by atoms with Crippen molar-refractivity contribution in [3.63, 3.8) is 0 Å². The van der Waals surface area contributed by atoms with Crippen LogP contribution in [-0.2, 0) is 9.53 Å². The van der Waals surface area contributed by atoms with Crippen molar-refractivity contribution in [2.45, 2.75) is 0 Å². The maximum atomic E-state index is 11.1. The van der Waals surface area contributed by atoms with Crippen molar-refractivity contribution < 1.29 is 9.53 Å². The second-order valence-corrected chi connectivity index (χ2v) is 3.98. The van der Waals surface area contributed by atoms with Crippen molar-refractivity contribution in [1.82, 2.24) is 0 Å². The van der Waals surface area contributed by atoms with Crippen LogP contribution in [0.1, 0.15) is 0 Å². The molecular formula is C13H12ClNO2. The molecule has 2 rings (SSSR count). The van der Waals surface area contributed by atoms with E-state index in [9.17, 15) is 4.79 Å². The number of carbonyl (C=O) groups excluding carboxylic acids is 1. The van der Waals surface area contributed by atoms with Gasteiger partial charge in [0.15, 0.2) is 0 Å². The summed E-state index contributed by atoms with van der Waals surface area (Å²) < 4.78 is 4.58. The highest BCUT2D eigenvalue weighted by Crippen LogP contribution is 2.29. The fourth-order valence-corrected chi connectivity index (χ4v) is 1.88. The maximum absolute atomic E-state index is 11.1. The number of ether oxygens (including phenoxy) is 1. The molecule has 0 aliphatic heterocycles. The zero-order chi connectivity index (χ0) is 12.3. The molecule has 0 heterocycles. The number of nitrogens with one attached hydrogen (secondary N) is 1. The molecule has 0 aliphatic carbocycles. The molecule has 0 spiro atoms. The summed E-state index contributed by atoms with van der Waals surface area (Å²) in [7, 11) is 1.37. The van der Waals surface area contributed by atoms with Crippen LogP contribution in [0, 0.1) is 0 Å². The molecular weight excluding hydrogens is 238 g/mol. The van der Waals surface area contributed by atoms with E-state index in [1.165, 1.54) is 7.11 Å². The number of hydrogen-bond acceptors (Lipinski definition) is 3. The molecule has 2 aromatic carbocycles. The zero-order valence-electron chi connectivity index (χ0n) is 9.37. The van der Waals surface area contributed by atoms with Gasteiger partial charge in [0.25, 0.3) is 0 Å². The van der Waals surface area contributed by atoms with Crippen molar-refractivity contribution in [1.29, 1.82) is 0 Å². The summed E-state index contributed by atoms with van der Waals surface area (Å²) >= 11 is 6.10. The summed E-state index contributed by atoms with van der Waals surface area (Å²) in [6, 6.07) is 11.4. The van der Waals surface area contributed by atoms with Crippen molar-refractivity contribution in [2.24, 2.45) is 0 Å². The first kappa shape index (κ1) is 11.7. The van der Waals surface area contributed by atoms with Gasteiger partial charge in [0.05, 0.1) is 7.11 Å². The van der Waals surface area contributed by atoms with Gasteiger partial charge in [-0.15, -0.1) is 0 Å². The van der Waals surface area contributed by atoms with Gasteiger partial charge in [-0.1, -0.05) is 35.9 Å². The Kier molecular flexibility index (Phi) is 3.49. The summed E-state index contributed by atoms with van der Waals surface area (Å²) in [5.41, 5.74) is 0.871. The van der Waals surface area contributed by atoms with Crippen molar-refractivity contribution >= 4 is 34.0 Å². The lowest BCUT2D eigenvalue weighted by atomic mass is 10.1. The van der Waals surface area contributed by atoms with E-state index in [4.69, 9.17) is 11.6 Å². The minimum atomic E-state index is -0.302. The first-order chi connectivity index (χ1) is 8.22. The van der Waals surface area contributed by atoms with E-state index < -0.39 is 0 Å². The molecule has 0 atom stereocenters. The van der Waals surface area contributed by atoms with E-state index in [1.807, 2.05) is 36.4 Å². The minimum Gasteiger partial charge on any atom is -0.468 e. The van der Waals surface area contributed by atoms with Crippen LogP contribution in [0.2, 0.25) is 5.02 Å². The number of fused-ring (bicyclic) bond motifs is 1. The molecule has 88 valence electrons. The second-order valence-electron chi connectivity index (χ2n) is 3.57. The van der Waals surface area contributed by atoms with Gasteiger partial charge in [-0.25, -0.2) is 0 Å². The predicted molar refractivity (Wildman–Crippen MR) is 69.5 cm³/mol. The molecule has 2 aromatic rings. The Balaban J connectivity index is 2.35. The molecule has 0 amide bonds. The van der Waals surface area contributed by atoms with Crippen molar-refractivity contribution in [3.05, 3.63) is 41.4 Å². The van der Waals surface area contributed by atoms with E-state index in [-0.39, 0.29) is 12.5 Å². The van der Waals surface area contributed by atoms with Crippen molar-refractivity contribution in [2.75, 3.05) is 19.0 Å². The maximum Gasteiger partial charge on any atom is 0.325 e. The van der Waals surface area contributed by atoms with Crippen LogP contribution in [-0.4, -0.2) is 19.6 Å². The van der Waals surface area contributed by atoms with Gasteiger partial charge in [0, 0.05) is 21.5 Å². The molecule has 4 heteroatoms. The molecule has 0 radical (unpaired) electrons. The number of esters is 1. The van der Waals surface area contributed by atoms with E-state index in [0.717, 1.165) is 16.5 Å². The van der Waals surface area contributed by atoms with Crippen LogP contribution in [0.3, 0.4) is 0 Å². The minimum absolute atomic E-state index is 0.141. The number of carbonyl (C=O) groups is 1. The fraction of sp³-hybridized carbons (Fsp3) is 0.154. The van der Waals surface area contributed by atoms with Crippen LogP contribution >= 0.6 is 11.6 Å². The lowest BCUT2D eigenvalue weighted by Crippen LogP contribution is -2.15. The second kappa shape index (κ2) is 5.06. The summed E-state index contributed by atoms with van der Waals surface area (Å²) in [5, 5.41) is 5.68. The number of halogens is 1. The SMILES string of the molecule is COC(=O)CNc1ccc(Cl)c2ccccc12. The largest absolute Gasteiger partial charge is 0.468 e. The Morgan fingerprint density at radius 3 is 2.65 bits per heavy atom.